The largest absolute Gasteiger partial charge is 0.477 e. The number of nitrogens with one attached hydrogen (secondary N) is 1. The summed E-state index contributed by atoms with van der Waals surface area (Å²) in [7, 11) is 0. The van der Waals surface area contributed by atoms with Crippen LogP contribution in [0.15, 0.2) is 30.3 Å². The molecule has 0 amide bonds. The fraction of sp³-hybridized carbons (Fsp3) is 0.0714. The zero-order valence-electron chi connectivity index (χ0n) is 9.84. The number of aromatic carboxylic acids is 1. The first-order valence-electron chi connectivity index (χ1n) is 5.45. The topological polar surface area (TPSA) is 89.8 Å². The Hall–Kier alpha value is -3.05. The van der Waals surface area contributed by atoms with Gasteiger partial charge in [-0.2, -0.15) is 10.4 Å². The normalized spacial score (nSPS) is 9.21. The molecule has 0 unspecified atom stereocenters. The van der Waals surface area contributed by atoms with Crippen LogP contribution in [0.4, 0.5) is 0 Å². The van der Waals surface area contributed by atoms with Crippen LogP contribution in [0, 0.1) is 23.2 Å². The third-order valence-corrected chi connectivity index (χ3v) is 2.39. The van der Waals surface area contributed by atoms with Gasteiger partial charge in [0.05, 0.1) is 18.2 Å². The first-order valence-corrected chi connectivity index (χ1v) is 5.45. The van der Waals surface area contributed by atoms with Gasteiger partial charge in [0, 0.05) is 11.1 Å². The summed E-state index contributed by atoms with van der Waals surface area (Å²) in [4.78, 5) is 10.7. The van der Waals surface area contributed by atoms with Crippen molar-refractivity contribution in [3.8, 4) is 29.2 Å². The van der Waals surface area contributed by atoms with E-state index in [9.17, 15) is 4.79 Å². The van der Waals surface area contributed by atoms with E-state index in [-0.39, 0.29) is 12.1 Å². The Balaban J connectivity index is 2.21. The number of nitrogens with zero attached hydrogens (tertiary/aromatic N) is 2. The Morgan fingerprint density at radius 1 is 1.37 bits per heavy atom. The van der Waals surface area contributed by atoms with E-state index >= 15 is 0 Å². The number of rotatable bonds is 2. The van der Waals surface area contributed by atoms with Crippen molar-refractivity contribution in [1.82, 2.24) is 10.2 Å². The molecule has 0 aliphatic heterocycles. The van der Waals surface area contributed by atoms with Crippen molar-refractivity contribution in [3.05, 3.63) is 41.6 Å². The lowest BCUT2D eigenvalue weighted by Crippen LogP contribution is -1.95. The highest BCUT2D eigenvalue weighted by Crippen LogP contribution is 2.18. The lowest BCUT2D eigenvalue weighted by atomic mass is 10.1. The molecule has 5 nitrogen and oxygen atoms in total. The summed E-state index contributed by atoms with van der Waals surface area (Å²) >= 11 is 0. The van der Waals surface area contributed by atoms with Gasteiger partial charge in [-0.25, -0.2) is 4.79 Å². The highest BCUT2D eigenvalue weighted by molar-refractivity contribution is 5.86. The van der Waals surface area contributed by atoms with Gasteiger partial charge in [0.2, 0.25) is 0 Å². The highest BCUT2D eigenvalue weighted by atomic mass is 16.4. The fourth-order valence-corrected chi connectivity index (χ4v) is 1.49. The van der Waals surface area contributed by atoms with Gasteiger partial charge in [-0.05, 0) is 18.2 Å². The van der Waals surface area contributed by atoms with Gasteiger partial charge in [-0.3, -0.25) is 5.10 Å². The van der Waals surface area contributed by atoms with Crippen LogP contribution in [0.2, 0.25) is 0 Å². The van der Waals surface area contributed by atoms with E-state index in [4.69, 9.17) is 10.4 Å². The average molecular weight is 251 g/mol. The molecule has 0 aliphatic carbocycles. The minimum Gasteiger partial charge on any atom is -0.477 e. The Kier molecular flexibility index (Phi) is 3.61. The molecule has 2 rings (SSSR count). The molecule has 19 heavy (non-hydrogen) atoms. The molecule has 92 valence electrons. The fourth-order valence-electron chi connectivity index (χ4n) is 1.49. The van der Waals surface area contributed by atoms with Crippen LogP contribution in [-0.2, 0) is 0 Å². The van der Waals surface area contributed by atoms with Crippen molar-refractivity contribution in [3.63, 3.8) is 0 Å². The van der Waals surface area contributed by atoms with E-state index in [1.165, 1.54) is 6.07 Å². The minimum atomic E-state index is -1.04. The van der Waals surface area contributed by atoms with Crippen molar-refractivity contribution in [2.24, 2.45) is 0 Å². The molecule has 0 atom stereocenters. The number of carboxylic acids is 1. The number of aromatic nitrogens is 2. The molecule has 0 bridgehead atoms. The summed E-state index contributed by atoms with van der Waals surface area (Å²) < 4.78 is 0. The van der Waals surface area contributed by atoms with E-state index in [0.29, 0.717) is 5.69 Å². The molecule has 0 saturated carbocycles. The van der Waals surface area contributed by atoms with Crippen LogP contribution in [0.3, 0.4) is 0 Å². The summed E-state index contributed by atoms with van der Waals surface area (Å²) in [5, 5.41) is 23.5. The van der Waals surface area contributed by atoms with E-state index < -0.39 is 5.97 Å². The standard InChI is InChI=1S/C14H9N3O2/c15-8-2-1-3-10-4-6-11(7-5-10)12-9-13(14(18)19)17-16-12/h4-7,9H,2H2,(H,16,17)(H,18,19). The summed E-state index contributed by atoms with van der Waals surface area (Å²) in [5.74, 6) is 4.53. The molecular formula is C14H9N3O2. The molecular weight excluding hydrogens is 242 g/mol. The molecule has 0 saturated heterocycles. The third kappa shape index (κ3) is 2.99. The smallest absolute Gasteiger partial charge is 0.353 e. The Morgan fingerprint density at radius 2 is 2.11 bits per heavy atom. The van der Waals surface area contributed by atoms with Gasteiger partial charge in [-0.15, -0.1) is 0 Å². The van der Waals surface area contributed by atoms with Crippen molar-refractivity contribution >= 4 is 5.97 Å². The number of nitriles is 1. The molecule has 0 aliphatic rings. The number of benzene rings is 1. The highest BCUT2D eigenvalue weighted by Gasteiger charge is 2.08. The summed E-state index contributed by atoms with van der Waals surface area (Å²) in [6, 6.07) is 10.6. The third-order valence-electron chi connectivity index (χ3n) is 2.39. The predicted octanol–water partition coefficient (Wildman–Crippen LogP) is 2.04. The van der Waals surface area contributed by atoms with Crippen molar-refractivity contribution in [2.75, 3.05) is 0 Å². The summed E-state index contributed by atoms with van der Waals surface area (Å²) in [5.41, 5.74) is 2.21. The van der Waals surface area contributed by atoms with Gasteiger partial charge < -0.3 is 5.11 Å². The first-order chi connectivity index (χ1) is 9.20. The summed E-state index contributed by atoms with van der Waals surface area (Å²) in [6.07, 6.45) is 0.198. The van der Waals surface area contributed by atoms with E-state index in [0.717, 1.165) is 11.1 Å². The first kappa shape index (κ1) is 12.4. The van der Waals surface area contributed by atoms with Crippen LogP contribution >= 0.6 is 0 Å². The van der Waals surface area contributed by atoms with Gasteiger partial charge in [0.25, 0.3) is 0 Å². The van der Waals surface area contributed by atoms with Gasteiger partial charge in [0.1, 0.15) is 5.69 Å². The number of carbonyl (C=O) groups is 1. The zero-order valence-corrected chi connectivity index (χ0v) is 9.84. The van der Waals surface area contributed by atoms with Crippen LogP contribution in [0.25, 0.3) is 11.3 Å². The maximum absolute atomic E-state index is 10.7. The van der Waals surface area contributed by atoms with Crippen LogP contribution in [-0.4, -0.2) is 21.3 Å². The van der Waals surface area contributed by atoms with Crippen LogP contribution < -0.4 is 0 Å². The molecule has 2 N–H and O–H groups in total. The Bertz CT molecular complexity index is 697. The number of aromatic amines is 1. The van der Waals surface area contributed by atoms with Crippen LogP contribution in [0.1, 0.15) is 22.5 Å². The van der Waals surface area contributed by atoms with Gasteiger partial charge >= 0.3 is 5.97 Å². The van der Waals surface area contributed by atoms with Gasteiger partial charge in [0.15, 0.2) is 0 Å². The quantitative estimate of drug-likeness (QED) is 0.799. The molecule has 1 heterocycles. The maximum Gasteiger partial charge on any atom is 0.353 e. The lowest BCUT2D eigenvalue weighted by Gasteiger charge is -1.95. The number of carboxylic acid groups (broad SMARTS) is 1. The molecule has 1 aromatic heterocycles. The van der Waals surface area contributed by atoms with E-state index in [2.05, 4.69) is 22.0 Å². The van der Waals surface area contributed by atoms with E-state index in [1.54, 1.807) is 24.3 Å². The zero-order chi connectivity index (χ0) is 13.7. The second kappa shape index (κ2) is 5.52. The molecule has 0 fully saturated rings. The van der Waals surface area contributed by atoms with Crippen LogP contribution in [0.5, 0.6) is 0 Å². The molecule has 0 spiro atoms. The monoisotopic (exact) mass is 251 g/mol. The SMILES string of the molecule is N#CCC#Cc1ccc(-c2cc(C(=O)O)[nH]n2)cc1. The van der Waals surface area contributed by atoms with Crippen molar-refractivity contribution in [2.45, 2.75) is 6.42 Å². The van der Waals surface area contributed by atoms with Crippen molar-refractivity contribution in [1.29, 1.82) is 5.26 Å². The number of H-pyrrole nitrogens is 1. The maximum atomic E-state index is 10.7. The lowest BCUT2D eigenvalue weighted by molar-refractivity contribution is 0.0690. The van der Waals surface area contributed by atoms with Crippen molar-refractivity contribution < 1.29 is 9.90 Å². The van der Waals surface area contributed by atoms with E-state index in [1.807, 2.05) is 6.07 Å². The Morgan fingerprint density at radius 3 is 2.68 bits per heavy atom. The number of hydrogen-bond donors (Lipinski definition) is 2. The summed E-state index contributed by atoms with van der Waals surface area (Å²) in [6.45, 7) is 0. The second-order valence-corrected chi connectivity index (χ2v) is 3.69. The van der Waals surface area contributed by atoms with Gasteiger partial charge in [-0.1, -0.05) is 24.0 Å². The second-order valence-electron chi connectivity index (χ2n) is 3.69. The Labute approximate surface area is 109 Å². The minimum absolute atomic E-state index is 0.0490. The molecule has 5 heteroatoms. The predicted molar refractivity (Wildman–Crippen MR) is 68.1 cm³/mol. The molecule has 1 aromatic carbocycles. The number of hydrogen-bond acceptors (Lipinski definition) is 3. The average Bonchev–Trinajstić information content (AvgIpc) is 2.90. The molecule has 0 radical (unpaired) electrons. The molecule has 2 aromatic rings.